The lowest BCUT2D eigenvalue weighted by Gasteiger charge is -2.27. The lowest BCUT2D eigenvalue weighted by molar-refractivity contribution is 0.416. The Morgan fingerprint density at radius 3 is 2.56 bits per heavy atom. The van der Waals surface area contributed by atoms with E-state index < -0.39 is 0 Å². The Morgan fingerprint density at radius 1 is 1.00 bits per heavy atom. The molecule has 3 heterocycles. The van der Waals surface area contributed by atoms with Crippen molar-refractivity contribution >= 4 is 22.9 Å². The number of hydrogen-bond donors (Lipinski definition) is 2. The van der Waals surface area contributed by atoms with Crippen molar-refractivity contribution in [2.75, 3.05) is 43.5 Å². The summed E-state index contributed by atoms with van der Waals surface area (Å²) in [6, 6.07) is 17.2. The maximum Gasteiger partial charge on any atom is 0.229 e. The van der Waals surface area contributed by atoms with Gasteiger partial charge in [0.1, 0.15) is 5.75 Å². The van der Waals surface area contributed by atoms with Crippen LogP contribution in [0.2, 0.25) is 0 Å². The second-order valence-electron chi connectivity index (χ2n) is 9.62. The molecule has 2 aromatic carbocycles. The summed E-state index contributed by atoms with van der Waals surface area (Å²) < 4.78 is 7.81. The second kappa shape index (κ2) is 10.1. The lowest BCUT2D eigenvalue weighted by atomic mass is 10.0. The molecule has 8 heteroatoms. The number of anilines is 2. The summed E-state index contributed by atoms with van der Waals surface area (Å²) in [5.41, 5.74) is 5.21. The first-order chi connectivity index (χ1) is 17.8. The number of nitrogens with zero attached hydrogens (tertiary/aromatic N) is 5. The van der Waals surface area contributed by atoms with Crippen LogP contribution in [0.3, 0.4) is 0 Å². The number of ether oxygens (including phenoxy) is 1. The Balaban J connectivity index is 1.27. The van der Waals surface area contributed by atoms with Crippen molar-refractivity contribution in [3.05, 3.63) is 60.4 Å². The maximum absolute atomic E-state index is 5.53. The van der Waals surface area contributed by atoms with Gasteiger partial charge in [0.25, 0.3) is 0 Å². The van der Waals surface area contributed by atoms with Crippen LogP contribution in [0.25, 0.3) is 22.3 Å². The largest absolute Gasteiger partial charge is 0.496 e. The molecule has 36 heavy (non-hydrogen) atoms. The normalized spacial score (nSPS) is 16.5. The first kappa shape index (κ1) is 22.8. The molecular formula is C28H33N7O. The van der Waals surface area contributed by atoms with Crippen molar-refractivity contribution in [2.45, 2.75) is 38.3 Å². The molecule has 0 atom stereocenters. The minimum atomic E-state index is 0.483. The quantitative estimate of drug-likeness (QED) is 0.396. The predicted octanol–water partition coefficient (Wildman–Crippen LogP) is 4.64. The Kier molecular flexibility index (Phi) is 6.42. The zero-order chi connectivity index (χ0) is 24.3. The van der Waals surface area contributed by atoms with Crippen LogP contribution >= 0.6 is 0 Å². The molecule has 1 aliphatic heterocycles. The molecule has 6 rings (SSSR count). The fraction of sp³-hybridized carbons (Fsp3) is 0.393. The highest BCUT2D eigenvalue weighted by atomic mass is 16.5. The molecule has 1 saturated heterocycles. The van der Waals surface area contributed by atoms with Gasteiger partial charge in [0.05, 0.1) is 13.4 Å². The van der Waals surface area contributed by atoms with Crippen LogP contribution in [0.4, 0.5) is 11.8 Å². The van der Waals surface area contributed by atoms with Gasteiger partial charge in [0.15, 0.2) is 17.0 Å². The molecule has 0 bridgehead atoms. The highest BCUT2D eigenvalue weighted by Gasteiger charge is 2.23. The van der Waals surface area contributed by atoms with Gasteiger partial charge in [0, 0.05) is 44.3 Å². The van der Waals surface area contributed by atoms with Crippen molar-refractivity contribution in [3.63, 3.8) is 0 Å². The van der Waals surface area contributed by atoms with Crippen molar-refractivity contribution in [1.82, 2.24) is 24.8 Å². The molecule has 8 nitrogen and oxygen atoms in total. The zero-order valence-electron chi connectivity index (χ0n) is 20.8. The fourth-order valence-corrected chi connectivity index (χ4v) is 5.36. The van der Waals surface area contributed by atoms with E-state index in [4.69, 9.17) is 19.7 Å². The summed E-state index contributed by atoms with van der Waals surface area (Å²) in [7, 11) is 1.71. The minimum absolute atomic E-state index is 0.483. The number of benzene rings is 2. The highest BCUT2D eigenvalue weighted by molar-refractivity contribution is 5.84. The van der Waals surface area contributed by atoms with E-state index in [1.54, 1.807) is 7.11 Å². The van der Waals surface area contributed by atoms with Crippen molar-refractivity contribution in [3.8, 4) is 16.9 Å². The molecule has 2 N–H and O–H groups in total. The van der Waals surface area contributed by atoms with Crippen LogP contribution in [0.5, 0.6) is 5.75 Å². The molecule has 2 aliphatic rings. The van der Waals surface area contributed by atoms with E-state index in [1.807, 2.05) is 24.5 Å². The number of aromatic nitrogens is 4. The third-order valence-electron chi connectivity index (χ3n) is 7.36. The second-order valence-corrected chi connectivity index (χ2v) is 9.62. The van der Waals surface area contributed by atoms with E-state index in [1.165, 1.54) is 31.2 Å². The first-order valence-electron chi connectivity index (χ1n) is 13.0. The van der Waals surface area contributed by atoms with Gasteiger partial charge in [-0.3, -0.25) is 0 Å². The maximum atomic E-state index is 5.53. The first-order valence-corrected chi connectivity index (χ1v) is 13.0. The molecule has 186 valence electrons. The number of fused-ring (bicyclic) bond motifs is 1. The minimum Gasteiger partial charge on any atom is -0.496 e. The van der Waals surface area contributed by atoms with Crippen LogP contribution in [0, 0.1) is 0 Å². The molecule has 2 fully saturated rings. The number of rotatable bonds is 7. The van der Waals surface area contributed by atoms with Crippen LogP contribution in [0.15, 0.2) is 54.9 Å². The average Bonchev–Trinajstić information content (AvgIpc) is 3.63. The summed E-state index contributed by atoms with van der Waals surface area (Å²) >= 11 is 0. The molecule has 0 amide bonds. The monoisotopic (exact) mass is 483 g/mol. The number of methoxy groups -OCH3 is 1. The van der Waals surface area contributed by atoms with Crippen molar-refractivity contribution in [1.29, 1.82) is 0 Å². The summed E-state index contributed by atoms with van der Waals surface area (Å²) in [5.74, 6) is 2.47. The third kappa shape index (κ3) is 4.48. The van der Waals surface area contributed by atoms with E-state index in [2.05, 4.69) is 50.4 Å². The lowest BCUT2D eigenvalue weighted by Crippen LogP contribution is -2.44. The zero-order valence-corrected chi connectivity index (χ0v) is 20.8. The SMILES string of the molecule is COc1ccccc1-c1ccc(CNc2nc(N3CCNCC3)nc3c2ncn3C2CCCC2)cc1. The van der Waals surface area contributed by atoms with Crippen LogP contribution < -0.4 is 20.3 Å². The van der Waals surface area contributed by atoms with Gasteiger partial charge in [-0.05, 0) is 30.0 Å². The highest BCUT2D eigenvalue weighted by Crippen LogP contribution is 2.34. The predicted molar refractivity (Wildman–Crippen MR) is 144 cm³/mol. The molecule has 0 radical (unpaired) electrons. The topological polar surface area (TPSA) is 80.1 Å². The van der Waals surface area contributed by atoms with Gasteiger partial charge < -0.3 is 24.8 Å². The number of hydrogen-bond acceptors (Lipinski definition) is 7. The van der Waals surface area contributed by atoms with Crippen molar-refractivity contribution in [2.24, 2.45) is 0 Å². The summed E-state index contributed by atoms with van der Waals surface area (Å²) in [4.78, 5) is 17.0. The number of para-hydroxylation sites is 1. The average molecular weight is 484 g/mol. The van der Waals surface area contributed by atoms with E-state index in [9.17, 15) is 0 Å². The van der Waals surface area contributed by atoms with E-state index in [-0.39, 0.29) is 0 Å². The van der Waals surface area contributed by atoms with Gasteiger partial charge in [0.2, 0.25) is 5.95 Å². The third-order valence-corrected chi connectivity index (χ3v) is 7.36. The summed E-state index contributed by atoms with van der Waals surface area (Å²) in [6.45, 7) is 4.38. The van der Waals surface area contributed by atoms with Crippen LogP contribution in [-0.2, 0) is 6.54 Å². The van der Waals surface area contributed by atoms with Gasteiger partial charge in [-0.2, -0.15) is 9.97 Å². The summed E-state index contributed by atoms with van der Waals surface area (Å²) in [6.07, 6.45) is 6.90. The van der Waals surface area contributed by atoms with Gasteiger partial charge >= 0.3 is 0 Å². The molecule has 0 unspecified atom stereocenters. The van der Waals surface area contributed by atoms with Crippen molar-refractivity contribution < 1.29 is 4.74 Å². The smallest absolute Gasteiger partial charge is 0.229 e. The number of nitrogens with one attached hydrogen (secondary N) is 2. The van der Waals surface area contributed by atoms with Crippen LogP contribution in [-0.4, -0.2) is 52.8 Å². The molecular weight excluding hydrogens is 450 g/mol. The molecule has 4 aromatic rings. The molecule has 0 spiro atoms. The number of imidazole rings is 1. The Bertz CT molecular complexity index is 1320. The molecule has 1 aliphatic carbocycles. The Morgan fingerprint density at radius 2 is 1.78 bits per heavy atom. The van der Waals surface area contributed by atoms with Gasteiger partial charge in [-0.15, -0.1) is 0 Å². The van der Waals surface area contributed by atoms with E-state index >= 15 is 0 Å². The molecule has 1 saturated carbocycles. The standard InChI is InChI=1S/C28H33N7O/c1-36-24-9-5-4-8-23(24)21-12-10-20(11-13-21)18-30-26-25-27(35(19-31-25)22-6-2-3-7-22)33-28(32-26)34-16-14-29-15-17-34/h4-5,8-13,19,22,29H,2-3,6-7,14-18H2,1H3,(H,30,32,33). The van der Waals surface area contributed by atoms with Gasteiger partial charge in [-0.1, -0.05) is 55.3 Å². The summed E-state index contributed by atoms with van der Waals surface area (Å²) in [5, 5.41) is 6.99. The fourth-order valence-electron chi connectivity index (χ4n) is 5.36. The Labute approximate surface area is 211 Å². The van der Waals surface area contributed by atoms with Crippen LogP contribution in [0.1, 0.15) is 37.3 Å². The van der Waals surface area contributed by atoms with E-state index in [0.717, 1.165) is 66.0 Å². The van der Waals surface area contributed by atoms with E-state index in [0.29, 0.717) is 12.6 Å². The molecule has 2 aromatic heterocycles. The Hall–Kier alpha value is -3.65. The van der Waals surface area contributed by atoms with Gasteiger partial charge in [-0.25, -0.2) is 4.98 Å². The number of piperazine rings is 1.